The summed E-state index contributed by atoms with van der Waals surface area (Å²) >= 11 is 0. The van der Waals surface area contributed by atoms with Crippen LogP contribution in [0.25, 0.3) is 0 Å². The molecule has 118 valence electrons. The molecule has 0 aromatic heterocycles. The van der Waals surface area contributed by atoms with Crippen LogP contribution in [0.4, 0.5) is 0 Å². The predicted molar refractivity (Wildman–Crippen MR) is 81.4 cm³/mol. The lowest BCUT2D eigenvalue weighted by Crippen LogP contribution is -2.45. The smallest absolute Gasteiger partial charge is 0.240 e. The monoisotopic (exact) mass is 292 g/mol. The Labute approximate surface area is 128 Å². The zero-order valence-corrected chi connectivity index (χ0v) is 13.6. The van der Waals surface area contributed by atoms with Crippen molar-refractivity contribution in [2.24, 2.45) is 16.7 Å². The van der Waals surface area contributed by atoms with Crippen molar-refractivity contribution in [2.75, 3.05) is 13.2 Å². The Kier molecular flexibility index (Phi) is 4.93. The molecule has 1 saturated heterocycles. The Morgan fingerprint density at radius 3 is 2.57 bits per heavy atom. The molecular weight excluding hydrogens is 264 g/mol. The number of ether oxygens (including phenoxy) is 1. The summed E-state index contributed by atoms with van der Waals surface area (Å²) in [4.78, 5) is 12.5. The Balaban J connectivity index is 1.93. The maximum Gasteiger partial charge on any atom is 0.240 e. The quantitative estimate of drug-likeness (QED) is 0.869. The van der Waals surface area contributed by atoms with Crippen molar-refractivity contribution in [2.45, 2.75) is 65.4 Å². The number of nitrogens with one attached hydrogen (secondary N) is 1. The standard InChI is InChI=1S/C17H28N2O2/c1-16(2,3)14-13(7-10-21-14)11-19-15(20)17(12-18)8-5-4-6-9-17/h13-14H,4-11H2,1-3H3,(H,19,20)/t13-,14+/m1/s1. The summed E-state index contributed by atoms with van der Waals surface area (Å²) in [7, 11) is 0. The maximum absolute atomic E-state index is 12.5. The predicted octanol–water partition coefficient (Wildman–Crippen LogP) is 3.03. The molecule has 4 nitrogen and oxygen atoms in total. The van der Waals surface area contributed by atoms with E-state index in [4.69, 9.17) is 4.74 Å². The van der Waals surface area contributed by atoms with Crippen molar-refractivity contribution in [1.82, 2.24) is 5.32 Å². The molecule has 0 aromatic rings. The fraction of sp³-hybridized carbons (Fsp3) is 0.882. The lowest BCUT2D eigenvalue weighted by atomic mass is 9.74. The van der Waals surface area contributed by atoms with Crippen LogP contribution in [0, 0.1) is 28.1 Å². The van der Waals surface area contributed by atoms with Gasteiger partial charge >= 0.3 is 0 Å². The molecule has 1 aliphatic heterocycles. The number of carbonyl (C=O) groups excluding carboxylic acids is 1. The van der Waals surface area contributed by atoms with E-state index in [1.165, 1.54) is 0 Å². The van der Waals surface area contributed by atoms with Gasteiger partial charge in [0.15, 0.2) is 0 Å². The van der Waals surface area contributed by atoms with Crippen LogP contribution in [0.3, 0.4) is 0 Å². The Morgan fingerprint density at radius 1 is 1.33 bits per heavy atom. The number of nitrogens with zero attached hydrogens (tertiary/aromatic N) is 1. The Morgan fingerprint density at radius 2 is 2.00 bits per heavy atom. The first-order valence-electron chi connectivity index (χ1n) is 8.20. The highest BCUT2D eigenvalue weighted by Gasteiger charge is 2.41. The molecule has 21 heavy (non-hydrogen) atoms. The molecule has 2 fully saturated rings. The highest BCUT2D eigenvalue weighted by atomic mass is 16.5. The SMILES string of the molecule is CC(C)(C)[C@H]1OCC[C@@H]1CNC(=O)C1(C#N)CCCCC1. The molecule has 1 aliphatic carbocycles. The lowest BCUT2D eigenvalue weighted by molar-refractivity contribution is -0.130. The third kappa shape index (κ3) is 3.58. The number of hydrogen-bond acceptors (Lipinski definition) is 3. The van der Waals surface area contributed by atoms with E-state index in [2.05, 4.69) is 32.2 Å². The van der Waals surface area contributed by atoms with Crippen molar-refractivity contribution >= 4 is 5.91 Å². The van der Waals surface area contributed by atoms with Gasteiger partial charge in [0.05, 0.1) is 12.2 Å². The molecule has 2 rings (SSSR count). The van der Waals surface area contributed by atoms with Crippen LogP contribution < -0.4 is 5.32 Å². The van der Waals surface area contributed by atoms with Gasteiger partial charge in [-0.15, -0.1) is 0 Å². The molecule has 1 N–H and O–H groups in total. The second kappa shape index (κ2) is 6.36. The van der Waals surface area contributed by atoms with E-state index >= 15 is 0 Å². The number of rotatable bonds is 3. The number of hydrogen-bond donors (Lipinski definition) is 1. The van der Waals surface area contributed by atoms with E-state index in [0.29, 0.717) is 25.3 Å². The van der Waals surface area contributed by atoms with Crippen LogP contribution in [0.5, 0.6) is 0 Å². The van der Waals surface area contributed by atoms with Gasteiger partial charge < -0.3 is 10.1 Å². The minimum Gasteiger partial charge on any atom is -0.377 e. The maximum atomic E-state index is 12.5. The number of carbonyl (C=O) groups is 1. The second-order valence-corrected chi connectivity index (χ2v) is 7.67. The van der Waals surface area contributed by atoms with Gasteiger partial charge in [-0.25, -0.2) is 0 Å². The van der Waals surface area contributed by atoms with E-state index in [1.54, 1.807) is 0 Å². The highest BCUT2D eigenvalue weighted by molar-refractivity contribution is 5.85. The Bertz CT molecular complexity index is 413. The molecular formula is C17H28N2O2. The minimum atomic E-state index is -0.783. The Hall–Kier alpha value is -1.08. The van der Waals surface area contributed by atoms with Crippen molar-refractivity contribution < 1.29 is 9.53 Å². The van der Waals surface area contributed by atoms with Gasteiger partial charge in [0.1, 0.15) is 5.41 Å². The first-order chi connectivity index (χ1) is 9.89. The molecule has 0 spiro atoms. The largest absolute Gasteiger partial charge is 0.377 e. The highest BCUT2D eigenvalue weighted by Crippen LogP contribution is 2.37. The third-order valence-corrected chi connectivity index (χ3v) is 4.95. The van der Waals surface area contributed by atoms with Crippen molar-refractivity contribution in [1.29, 1.82) is 5.26 Å². The van der Waals surface area contributed by atoms with Crippen molar-refractivity contribution in [3.05, 3.63) is 0 Å². The molecule has 0 radical (unpaired) electrons. The van der Waals surface area contributed by atoms with Gasteiger partial charge in [0, 0.05) is 19.1 Å². The minimum absolute atomic E-state index is 0.0655. The van der Waals surface area contributed by atoms with Crippen LogP contribution in [0.1, 0.15) is 59.3 Å². The summed E-state index contributed by atoms with van der Waals surface area (Å²) < 4.78 is 5.84. The van der Waals surface area contributed by atoms with Gasteiger partial charge in [-0.05, 0) is 24.7 Å². The number of nitriles is 1. The average molecular weight is 292 g/mol. The van der Waals surface area contributed by atoms with Crippen LogP contribution in [-0.4, -0.2) is 25.2 Å². The zero-order chi connectivity index (χ0) is 15.5. The van der Waals surface area contributed by atoms with Crippen LogP contribution >= 0.6 is 0 Å². The van der Waals surface area contributed by atoms with Gasteiger partial charge in [0.25, 0.3) is 0 Å². The van der Waals surface area contributed by atoms with Crippen LogP contribution in [-0.2, 0) is 9.53 Å². The summed E-state index contributed by atoms with van der Waals surface area (Å²) in [6, 6.07) is 2.29. The van der Waals surface area contributed by atoms with Gasteiger partial charge in [-0.2, -0.15) is 5.26 Å². The van der Waals surface area contributed by atoms with E-state index in [0.717, 1.165) is 32.3 Å². The molecule has 2 aliphatic rings. The van der Waals surface area contributed by atoms with E-state index in [1.807, 2.05) is 0 Å². The van der Waals surface area contributed by atoms with Crippen molar-refractivity contribution in [3.63, 3.8) is 0 Å². The zero-order valence-electron chi connectivity index (χ0n) is 13.6. The molecule has 1 amide bonds. The molecule has 0 bridgehead atoms. The van der Waals surface area contributed by atoms with Crippen LogP contribution in [0.2, 0.25) is 0 Å². The topological polar surface area (TPSA) is 62.1 Å². The molecule has 4 heteroatoms. The van der Waals surface area contributed by atoms with Crippen molar-refractivity contribution in [3.8, 4) is 6.07 Å². The van der Waals surface area contributed by atoms with Gasteiger partial charge in [0.2, 0.25) is 5.91 Å². The fourth-order valence-electron chi connectivity index (χ4n) is 3.74. The molecule has 1 saturated carbocycles. The third-order valence-electron chi connectivity index (χ3n) is 4.95. The van der Waals surface area contributed by atoms with E-state index < -0.39 is 5.41 Å². The summed E-state index contributed by atoms with van der Waals surface area (Å²) in [5.74, 6) is 0.289. The summed E-state index contributed by atoms with van der Waals surface area (Å²) in [6.45, 7) is 7.93. The molecule has 0 unspecified atom stereocenters. The summed E-state index contributed by atoms with van der Waals surface area (Å²) in [6.07, 6.45) is 5.69. The lowest BCUT2D eigenvalue weighted by Gasteiger charge is -2.33. The van der Waals surface area contributed by atoms with E-state index in [9.17, 15) is 10.1 Å². The fourth-order valence-corrected chi connectivity index (χ4v) is 3.74. The van der Waals surface area contributed by atoms with Gasteiger partial charge in [-0.3, -0.25) is 4.79 Å². The first kappa shape index (κ1) is 16.3. The average Bonchev–Trinajstić information content (AvgIpc) is 2.94. The summed E-state index contributed by atoms with van der Waals surface area (Å²) in [5.41, 5.74) is -0.696. The molecule has 1 heterocycles. The first-order valence-corrected chi connectivity index (χ1v) is 8.20. The van der Waals surface area contributed by atoms with Crippen LogP contribution in [0.15, 0.2) is 0 Å². The number of amides is 1. The van der Waals surface area contributed by atoms with Gasteiger partial charge in [-0.1, -0.05) is 40.0 Å². The normalized spacial score (nSPS) is 28.9. The second-order valence-electron chi connectivity index (χ2n) is 7.67. The molecule has 2 atom stereocenters. The molecule has 0 aromatic carbocycles. The summed E-state index contributed by atoms with van der Waals surface area (Å²) in [5, 5.41) is 12.5. The van der Waals surface area contributed by atoms with E-state index in [-0.39, 0.29) is 17.4 Å².